The Morgan fingerprint density at radius 2 is 0.818 bits per heavy atom. The van der Waals surface area contributed by atoms with Crippen LogP contribution in [0, 0.1) is 0 Å². The summed E-state index contributed by atoms with van der Waals surface area (Å²) < 4.78 is 53.3. The van der Waals surface area contributed by atoms with E-state index in [0.717, 1.165) is 11.1 Å². The fourth-order valence-corrected chi connectivity index (χ4v) is 12.0. The Labute approximate surface area is 199 Å². The van der Waals surface area contributed by atoms with E-state index in [4.69, 9.17) is 39.8 Å². The first-order valence-electron chi connectivity index (χ1n) is 10.1. The Morgan fingerprint density at radius 1 is 0.424 bits per heavy atom. The predicted molar refractivity (Wildman–Crippen MR) is 131 cm³/mol. The van der Waals surface area contributed by atoms with E-state index < -0.39 is 26.4 Å². The highest BCUT2D eigenvalue weighted by Gasteiger charge is 2.58. The number of rotatable bonds is 13. The van der Waals surface area contributed by atoms with Gasteiger partial charge in [0.05, 0.1) is 0 Å². The third kappa shape index (κ3) is 4.80. The van der Waals surface area contributed by atoms with Gasteiger partial charge in [0, 0.05) is 79.5 Å². The maximum Gasteiger partial charge on any atom is 0.537 e. The number of hydrogen-bond acceptors (Lipinski definition) is 9. The van der Waals surface area contributed by atoms with Crippen LogP contribution in [0.25, 0.3) is 11.1 Å². The molecular weight excluding hydrogens is 480 g/mol. The van der Waals surface area contributed by atoms with Crippen LogP contribution in [-0.4, -0.2) is 90.4 Å². The average molecular weight is 515 g/mol. The topological polar surface area (TPSA) is 83.1 Å². The van der Waals surface area contributed by atoms with E-state index in [0.29, 0.717) is 15.6 Å². The Balaban J connectivity index is 3.23. The van der Waals surface area contributed by atoms with Crippen LogP contribution in [-0.2, 0) is 39.8 Å². The molecule has 0 aliphatic carbocycles. The van der Waals surface area contributed by atoms with Gasteiger partial charge in [-0.25, -0.2) is 0 Å². The minimum atomic E-state index is -3.57. The van der Waals surface area contributed by atoms with Gasteiger partial charge in [0.25, 0.3) is 0 Å². The molecule has 0 bridgehead atoms. The molecule has 0 saturated carbocycles. The van der Waals surface area contributed by atoms with Gasteiger partial charge in [0.15, 0.2) is 0 Å². The molecule has 0 atom stereocenters. The molecule has 0 aliphatic heterocycles. The molecule has 0 spiro atoms. The van der Waals surface area contributed by atoms with Crippen molar-refractivity contribution in [3.63, 3.8) is 0 Å². The summed E-state index contributed by atoms with van der Waals surface area (Å²) in [4.78, 5) is 0. The molecule has 184 valence electrons. The van der Waals surface area contributed by atoms with Crippen molar-refractivity contribution in [2.24, 2.45) is 0 Å². The Morgan fingerprint density at radius 3 is 1.21 bits per heavy atom. The lowest BCUT2D eigenvalue weighted by atomic mass is 10.1. The second kappa shape index (κ2) is 11.9. The highest BCUT2D eigenvalue weighted by Crippen LogP contribution is 2.24. The second-order valence-corrected chi connectivity index (χ2v) is 15.3. The standard InChI is InChI=1S/C21H34O9Si3/c1-22-31(23-2,24-3)19-16-15-18(17-13-11-10-12-14-17)20(32(25-4,26-5)27-6)21(19)33(28-7,29-8)30-9/h10-16H,1-9H3. The highest BCUT2D eigenvalue weighted by molar-refractivity contribution is 6.93. The first kappa shape index (κ1) is 28.0. The average Bonchev–Trinajstić information content (AvgIpc) is 2.89. The summed E-state index contributed by atoms with van der Waals surface area (Å²) in [6.07, 6.45) is 0. The molecule has 0 radical (unpaired) electrons. The predicted octanol–water partition coefficient (Wildman–Crippen LogP) is 0.609. The fraction of sp³-hybridized carbons (Fsp3) is 0.429. The van der Waals surface area contributed by atoms with Crippen LogP contribution < -0.4 is 15.6 Å². The van der Waals surface area contributed by atoms with Crippen LogP contribution in [0.5, 0.6) is 0 Å². The lowest BCUT2D eigenvalue weighted by molar-refractivity contribution is 0.132. The summed E-state index contributed by atoms with van der Waals surface area (Å²) in [6, 6.07) is 13.7. The van der Waals surface area contributed by atoms with E-state index in [1.165, 1.54) is 42.7 Å². The molecule has 0 heterocycles. The van der Waals surface area contributed by atoms with Crippen LogP contribution in [0.15, 0.2) is 42.5 Å². The third-order valence-corrected chi connectivity index (χ3v) is 14.3. The molecule has 2 aromatic rings. The lowest BCUT2D eigenvalue weighted by Crippen LogP contribution is -2.77. The van der Waals surface area contributed by atoms with E-state index in [9.17, 15) is 0 Å². The van der Waals surface area contributed by atoms with Crippen molar-refractivity contribution < 1.29 is 39.8 Å². The number of benzene rings is 2. The number of hydrogen-bond donors (Lipinski definition) is 0. The zero-order chi connectivity index (χ0) is 24.7. The zero-order valence-electron chi connectivity index (χ0n) is 20.7. The van der Waals surface area contributed by atoms with E-state index in [-0.39, 0.29) is 0 Å². The Hall–Kier alpha value is -1.27. The van der Waals surface area contributed by atoms with E-state index in [1.54, 1.807) is 21.3 Å². The molecular formula is C21H34O9Si3. The molecule has 0 amide bonds. The molecule has 12 heteroatoms. The Kier molecular flexibility index (Phi) is 10.1. The molecule has 9 nitrogen and oxygen atoms in total. The first-order chi connectivity index (χ1) is 15.9. The minimum Gasteiger partial charge on any atom is -0.373 e. The molecule has 0 saturated heterocycles. The maximum absolute atomic E-state index is 5.97. The monoisotopic (exact) mass is 514 g/mol. The van der Waals surface area contributed by atoms with Crippen LogP contribution in [0.2, 0.25) is 0 Å². The molecule has 0 aliphatic rings. The fourth-order valence-electron chi connectivity index (χ4n) is 4.04. The van der Waals surface area contributed by atoms with Gasteiger partial charge in [0.1, 0.15) is 0 Å². The third-order valence-electron chi connectivity index (χ3n) is 5.65. The maximum atomic E-state index is 5.97. The van der Waals surface area contributed by atoms with Crippen molar-refractivity contribution >= 4 is 42.0 Å². The molecule has 2 aromatic carbocycles. The van der Waals surface area contributed by atoms with Crippen LogP contribution in [0.1, 0.15) is 0 Å². The van der Waals surface area contributed by atoms with E-state index in [1.807, 2.05) is 42.5 Å². The largest absolute Gasteiger partial charge is 0.537 e. The molecule has 0 aromatic heterocycles. The van der Waals surface area contributed by atoms with Gasteiger partial charge in [0.2, 0.25) is 0 Å². The van der Waals surface area contributed by atoms with E-state index in [2.05, 4.69) is 0 Å². The second-order valence-electron chi connectivity index (χ2n) is 6.78. The van der Waals surface area contributed by atoms with Crippen molar-refractivity contribution in [2.75, 3.05) is 64.0 Å². The summed E-state index contributed by atoms with van der Waals surface area (Å²) in [5, 5.41) is 1.83. The summed E-state index contributed by atoms with van der Waals surface area (Å²) in [6.45, 7) is 0. The lowest BCUT2D eigenvalue weighted by Gasteiger charge is -2.37. The van der Waals surface area contributed by atoms with Crippen molar-refractivity contribution in [2.45, 2.75) is 0 Å². The van der Waals surface area contributed by atoms with Crippen molar-refractivity contribution in [1.82, 2.24) is 0 Å². The summed E-state index contributed by atoms with van der Waals surface area (Å²) in [5.74, 6) is 0. The summed E-state index contributed by atoms with van der Waals surface area (Å²) in [7, 11) is 3.35. The summed E-state index contributed by atoms with van der Waals surface area (Å²) in [5.41, 5.74) is 1.75. The van der Waals surface area contributed by atoms with Crippen LogP contribution in [0.4, 0.5) is 0 Å². The first-order valence-corrected chi connectivity index (χ1v) is 15.3. The van der Waals surface area contributed by atoms with Gasteiger partial charge in [-0.05, 0) is 11.1 Å². The molecule has 0 unspecified atom stereocenters. The SMILES string of the molecule is CO[Si](OC)(OC)c1ccc(-c2ccccc2)c([Si](OC)(OC)OC)c1[Si](OC)(OC)OC. The zero-order valence-corrected chi connectivity index (χ0v) is 23.7. The minimum absolute atomic E-state index is 0.575. The van der Waals surface area contributed by atoms with Gasteiger partial charge < -0.3 is 39.8 Å². The van der Waals surface area contributed by atoms with Gasteiger partial charge in [-0.1, -0.05) is 42.5 Å². The molecule has 33 heavy (non-hydrogen) atoms. The van der Waals surface area contributed by atoms with Crippen molar-refractivity contribution in [3.8, 4) is 11.1 Å². The van der Waals surface area contributed by atoms with Gasteiger partial charge in [-0.3, -0.25) is 0 Å². The Bertz CT molecular complexity index is 861. The van der Waals surface area contributed by atoms with Gasteiger partial charge in [-0.15, -0.1) is 0 Å². The van der Waals surface area contributed by atoms with Crippen molar-refractivity contribution in [1.29, 1.82) is 0 Å². The molecule has 2 rings (SSSR count). The molecule has 0 N–H and O–H groups in total. The van der Waals surface area contributed by atoms with Gasteiger partial charge in [-0.2, -0.15) is 0 Å². The smallest absolute Gasteiger partial charge is 0.373 e. The van der Waals surface area contributed by atoms with Crippen LogP contribution in [0.3, 0.4) is 0 Å². The quantitative estimate of drug-likeness (QED) is 0.357. The normalized spacial score (nSPS) is 12.9. The van der Waals surface area contributed by atoms with Crippen molar-refractivity contribution in [3.05, 3.63) is 42.5 Å². The summed E-state index contributed by atoms with van der Waals surface area (Å²) >= 11 is 0. The van der Waals surface area contributed by atoms with Gasteiger partial charge >= 0.3 is 26.4 Å². The van der Waals surface area contributed by atoms with Crippen LogP contribution >= 0.6 is 0 Å². The highest BCUT2D eigenvalue weighted by atomic mass is 28.4. The van der Waals surface area contributed by atoms with E-state index >= 15 is 0 Å². The molecule has 0 fully saturated rings.